The highest BCUT2D eigenvalue weighted by Gasteiger charge is 2.65. The Morgan fingerprint density at radius 2 is 1.47 bits per heavy atom. The predicted molar refractivity (Wildman–Crippen MR) is 133 cm³/mol. The molecule has 0 spiro atoms. The van der Waals surface area contributed by atoms with Crippen molar-refractivity contribution >= 4 is 12.1 Å². The van der Waals surface area contributed by atoms with Crippen LogP contribution >= 0.6 is 0 Å². The highest BCUT2D eigenvalue weighted by molar-refractivity contribution is 5.95. The van der Waals surface area contributed by atoms with Gasteiger partial charge in [-0.2, -0.15) is 0 Å². The first-order chi connectivity index (χ1) is 15.7. The minimum atomic E-state index is -0.663. The van der Waals surface area contributed by atoms with E-state index < -0.39 is 23.0 Å². The van der Waals surface area contributed by atoms with Crippen molar-refractivity contribution in [2.75, 3.05) is 0 Å². The van der Waals surface area contributed by atoms with Gasteiger partial charge in [0.15, 0.2) is 5.78 Å². The lowest BCUT2D eigenvalue weighted by Crippen LogP contribution is -2.59. The summed E-state index contributed by atoms with van der Waals surface area (Å²) in [6.07, 6.45) is 10.6. The molecule has 0 aromatic carbocycles. The van der Waals surface area contributed by atoms with E-state index in [9.17, 15) is 19.8 Å². The Morgan fingerprint density at radius 1 is 0.824 bits per heavy atom. The van der Waals surface area contributed by atoms with Gasteiger partial charge in [0.05, 0.1) is 17.6 Å². The summed E-state index contributed by atoms with van der Waals surface area (Å²) < 4.78 is 0. The molecule has 10 atom stereocenters. The molecule has 4 nitrogen and oxygen atoms in total. The SMILES string of the molecule is CC12CCC3C(C)(C=O)C(O)CCC3(C)C1CCC1C(=CC(=O)C3C(C)(C)C(O)CCC13C)C2. The molecule has 34 heavy (non-hydrogen) atoms. The molecule has 4 heteroatoms. The first kappa shape index (κ1) is 24.7. The number of aliphatic hydroxyl groups is 2. The third kappa shape index (κ3) is 3.03. The lowest BCUT2D eigenvalue weighted by molar-refractivity contribution is -0.177. The van der Waals surface area contributed by atoms with Crippen LogP contribution in [0.3, 0.4) is 0 Å². The Kier molecular flexibility index (Phi) is 5.45. The molecule has 0 radical (unpaired) electrons. The number of carbonyl (C=O) groups is 2. The zero-order chi connectivity index (χ0) is 24.9. The summed E-state index contributed by atoms with van der Waals surface area (Å²) in [6.45, 7) is 13.4. The molecule has 0 saturated heterocycles. The molecule has 5 aliphatic carbocycles. The minimum Gasteiger partial charge on any atom is -0.393 e. The summed E-state index contributed by atoms with van der Waals surface area (Å²) in [7, 11) is 0. The number of aliphatic hydroxyl groups excluding tert-OH is 2. The molecule has 4 saturated carbocycles. The molecule has 5 aliphatic rings. The first-order valence-corrected chi connectivity index (χ1v) is 13.8. The topological polar surface area (TPSA) is 74.6 Å². The molecule has 0 heterocycles. The van der Waals surface area contributed by atoms with Gasteiger partial charge < -0.3 is 15.0 Å². The molecule has 5 rings (SSSR count). The van der Waals surface area contributed by atoms with Crippen LogP contribution in [0.15, 0.2) is 11.6 Å². The zero-order valence-corrected chi connectivity index (χ0v) is 22.2. The van der Waals surface area contributed by atoms with E-state index in [1.54, 1.807) is 0 Å². The molecule has 0 bridgehead atoms. The summed E-state index contributed by atoms with van der Waals surface area (Å²) in [5.41, 5.74) is 0.333. The largest absolute Gasteiger partial charge is 0.393 e. The number of hydrogen-bond acceptors (Lipinski definition) is 4. The van der Waals surface area contributed by atoms with Gasteiger partial charge in [-0.05, 0) is 97.9 Å². The van der Waals surface area contributed by atoms with Crippen LogP contribution in [-0.4, -0.2) is 34.5 Å². The van der Waals surface area contributed by atoms with Crippen molar-refractivity contribution in [3.8, 4) is 0 Å². The van der Waals surface area contributed by atoms with Crippen LogP contribution < -0.4 is 0 Å². The van der Waals surface area contributed by atoms with Crippen molar-refractivity contribution in [3.05, 3.63) is 11.6 Å². The molecule has 0 aromatic heterocycles. The standard InChI is InChI=1S/C30H46O4/c1-26(2)23(33)10-13-28(4)19-7-8-21-27(3,16-18(19)15-20(32)25(26)28)12-9-22-29(21,5)14-11-24(34)30(22,6)17-31/h15,17,19,21-25,33-34H,7-14,16H2,1-6H3. The van der Waals surface area contributed by atoms with Crippen LogP contribution in [-0.2, 0) is 9.59 Å². The second-order valence-electron chi connectivity index (χ2n) is 14.6. The molecule has 0 aromatic rings. The summed E-state index contributed by atoms with van der Waals surface area (Å²) in [6, 6.07) is 0. The van der Waals surface area contributed by atoms with Gasteiger partial charge in [-0.25, -0.2) is 0 Å². The molecular weight excluding hydrogens is 424 g/mol. The molecular formula is C30H46O4. The fraction of sp³-hybridized carbons (Fsp3) is 0.867. The molecule has 190 valence electrons. The number of ketones is 1. The lowest BCUT2D eigenvalue weighted by atomic mass is 9.42. The number of fused-ring (bicyclic) bond motifs is 6. The quantitative estimate of drug-likeness (QED) is 0.497. The first-order valence-electron chi connectivity index (χ1n) is 13.8. The Morgan fingerprint density at radius 3 is 2.15 bits per heavy atom. The molecule has 0 aliphatic heterocycles. The summed E-state index contributed by atoms with van der Waals surface area (Å²) in [4.78, 5) is 25.9. The van der Waals surface area contributed by atoms with Crippen LogP contribution in [0, 0.1) is 50.7 Å². The van der Waals surface area contributed by atoms with E-state index >= 15 is 0 Å². The number of hydrogen-bond donors (Lipinski definition) is 2. The van der Waals surface area contributed by atoms with Crippen LogP contribution in [0.5, 0.6) is 0 Å². The van der Waals surface area contributed by atoms with Gasteiger partial charge in [0.2, 0.25) is 0 Å². The Labute approximate surface area is 206 Å². The van der Waals surface area contributed by atoms with E-state index in [1.165, 1.54) is 5.57 Å². The average molecular weight is 471 g/mol. The highest BCUT2D eigenvalue weighted by Crippen LogP contribution is 2.69. The van der Waals surface area contributed by atoms with Gasteiger partial charge in [-0.1, -0.05) is 47.1 Å². The summed E-state index contributed by atoms with van der Waals surface area (Å²) in [5, 5.41) is 21.6. The van der Waals surface area contributed by atoms with Crippen molar-refractivity contribution in [3.63, 3.8) is 0 Å². The second kappa shape index (κ2) is 7.51. The van der Waals surface area contributed by atoms with E-state index in [2.05, 4.69) is 34.6 Å². The van der Waals surface area contributed by atoms with Crippen molar-refractivity contribution in [2.24, 2.45) is 50.7 Å². The molecule has 0 amide bonds. The predicted octanol–water partition coefficient (Wildman–Crippen LogP) is 5.50. The monoisotopic (exact) mass is 470 g/mol. The number of rotatable bonds is 1. The smallest absolute Gasteiger partial charge is 0.159 e. The van der Waals surface area contributed by atoms with Crippen molar-refractivity contribution in [1.82, 2.24) is 0 Å². The third-order valence-corrected chi connectivity index (χ3v) is 12.5. The van der Waals surface area contributed by atoms with Gasteiger partial charge in [0, 0.05) is 11.3 Å². The lowest BCUT2D eigenvalue weighted by Gasteiger charge is -2.63. The fourth-order valence-electron chi connectivity index (χ4n) is 10.8. The second-order valence-corrected chi connectivity index (χ2v) is 14.6. The average Bonchev–Trinajstić information content (AvgIpc) is 2.90. The minimum absolute atomic E-state index is 0.0300. The van der Waals surface area contributed by atoms with E-state index in [0.29, 0.717) is 18.3 Å². The molecule has 4 fully saturated rings. The van der Waals surface area contributed by atoms with Crippen LogP contribution in [0.1, 0.15) is 99.3 Å². The van der Waals surface area contributed by atoms with Gasteiger partial charge in [-0.3, -0.25) is 4.79 Å². The maximum Gasteiger partial charge on any atom is 0.159 e. The molecule has 10 unspecified atom stereocenters. The Hall–Kier alpha value is -1.00. The Bertz CT molecular complexity index is 921. The Balaban J connectivity index is 1.54. The summed E-state index contributed by atoms with van der Waals surface area (Å²) >= 11 is 0. The van der Waals surface area contributed by atoms with Gasteiger partial charge in [0.25, 0.3) is 0 Å². The number of carbonyl (C=O) groups excluding carboxylic acids is 2. The highest BCUT2D eigenvalue weighted by atomic mass is 16.3. The maximum absolute atomic E-state index is 13.6. The number of allylic oxidation sites excluding steroid dienone is 2. The van der Waals surface area contributed by atoms with Crippen LogP contribution in [0.25, 0.3) is 0 Å². The third-order valence-electron chi connectivity index (χ3n) is 12.5. The number of aldehydes is 1. The van der Waals surface area contributed by atoms with Gasteiger partial charge in [-0.15, -0.1) is 0 Å². The van der Waals surface area contributed by atoms with Crippen molar-refractivity contribution in [1.29, 1.82) is 0 Å². The van der Waals surface area contributed by atoms with Crippen LogP contribution in [0.4, 0.5) is 0 Å². The normalized spacial score (nSPS) is 54.5. The fourth-order valence-corrected chi connectivity index (χ4v) is 10.8. The van der Waals surface area contributed by atoms with Gasteiger partial charge >= 0.3 is 0 Å². The van der Waals surface area contributed by atoms with Crippen molar-refractivity contribution < 1.29 is 19.8 Å². The van der Waals surface area contributed by atoms with E-state index in [1.807, 2.05) is 13.0 Å². The maximum atomic E-state index is 13.6. The van der Waals surface area contributed by atoms with Gasteiger partial charge in [0.1, 0.15) is 6.29 Å². The molecule has 2 N–H and O–H groups in total. The van der Waals surface area contributed by atoms with E-state index in [0.717, 1.165) is 57.7 Å². The summed E-state index contributed by atoms with van der Waals surface area (Å²) in [5.74, 6) is 1.18. The van der Waals surface area contributed by atoms with Crippen molar-refractivity contribution in [2.45, 2.75) is 112 Å². The van der Waals surface area contributed by atoms with E-state index in [-0.39, 0.29) is 33.9 Å². The zero-order valence-electron chi connectivity index (χ0n) is 22.2. The van der Waals surface area contributed by atoms with E-state index in [4.69, 9.17) is 0 Å². The van der Waals surface area contributed by atoms with Crippen LogP contribution in [0.2, 0.25) is 0 Å².